The van der Waals surface area contributed by atoms with Crippen molar-refractivity contribution in [2.75, 3.05) is 6.54 Å². The van der Waals surface area contributed by atoms with Gasteiger partial charge in [0.25, 0.3) is 0 Å². The zero-order valence-corrected chi connectivity index (χ0v) is 13.2. The Hall–Kier alpha value is -2.18. The maximum Gasteiger partial charge on any atom is 0.411 e. The lowest BCUT2D eigenvalue weighted by Crippen LogP contribution is -2.41. The molecule has 0 bridgehead atoms. The van der Waals surface area contributed by atoms with Gasteiger partial charge in [0.15, 0.2) is 0 Å². The van der Waals surface area contributed by atoms with Crippen LogP contribution in [0.15, 0.2) is 18.2 Å². The van der Waals surface area contributed by atoms with E-state index in [2.05, 4.69) is 0 Å². The van der Waals surface area contributed by atoms with E-state index in [1.54, 1.807) is 20.8 Å². The fraction of sp³-hybridized carbons (Fsp3) is 0.500. The summed E-state index contributed by atoms with van der Waals surface area (Å²) in [5.74, 6) is -1.49. The molecule has 0 spiro atoms. The van der Waals surface area contributed by atoms with Gasteiger partial charge in [-0.05, 0) is 20.8 Å². The first-order valence-electron chi connectivity index (χ1n) is 7.25. The molecule has 1 aliphatic heterocycles. The predicted molar refractivity (Wildman–Crippen MR) is 78.2 cm³/mol. The van der Waals surface area contributed by atoms with E-state index in [4.69, 9.17) is 9.47 Å². The fourth-order valence-corrected chi connectivity index (χ4v) is 2.36. The molecule has 23 heavy (non-hydrogen) atoms. The van der Waals surface area contributed by atoms with Crippen LogP contribution in [0, 0.1) is 11.6 Å². The third-order valence-corrected chi connectivity index (χ3v) is 3.23. The van der Waals surface area contributed by atoms with Crippen LogP contribution in [0.2, 0.25) is 0 Å². The molecule has 0 saturated carbocycles. The van der Waals surface area contributed by atoms with Gasteiger partial charge < -0.3 is 14.3 Å². The van der Waals surface area contributed by atoms with Crippen molar-refractivity contribution in [1.82, 2.24) is 4.90 Å². The number of benzene rings is 1. The molecule has 0 unspecified atom stereocenters. The number of ether oxygens (including phenoxy) is 2. The minimum Gasteiger partial charge on any atom is -0.488 e. The number of carbonyl (C=O) groups excluding carboxylic acids is 2. The first-order chi connectivity index (χ1) is 10.7. The Bertz CT molecular complexity index is 580. The molecule has 1 saturated heterocycles. The Balaban J connectivity index is 2.06. The van der Waals surface area contributed by atoms with Crippen LogP contribution in [0.5, 0.6) is 5.75 Å². The van der Waals surface area contributed by atoms with Gasteiger partial charge in [-0.15, -0.1) is 0 Å². The van der Waals surface area contributed by atoms with Gasteiger partial charge in [-0.3, -0.25) is 4.90 Å². The van der Waals surface area contributed by atoms with E-state index in [9.17, 15) is 18.4 Å². The molecule has 2 atom stereocenters. The van der Waals surface area contributed by atoms with Crippen molar-refractivity contribution in [1.29, 1.82) is 0 Å². The predicted octanol–water partition coefficient (Wildman–Crippen LogP) is 2.92. The van der Waals surface area contributed by atoms with Crippen molar-refractivity contribution < 1.29 is 27.8 Å². The number of aldehydes is 1. The normalized spacial score (nSPS) is 21.2. The van der Waals surface area contributed by atoms with Crippen LogP contribution in [0.4, 0.5) is 13.6 Å². The van der Waals surface area contributed by atoms with E-state index in [1.165, 1.54) is 4.90 Å². The molecule has 1 heterocycles. The molecule has 7 heteroatoms. The number of rotatable bonds is 3. The highest BCUT2D eigenvalue weighted by Gasteiger charge is 2.38. The van der Waals surface area contributed by atoms with Crippen LogP contribution in [-0.4, -0.2) is 41.6 Å². The lowest BCUT2D eigenvalue weighted by Gasteiger charge is -2.26. The van der Waals surface area contributed by atoms with Gasteiger partial charge in [0.2, 0.25) is 0 Å². The number of halogens is 2. The molecule has 2 rings (SSSR count). The summed E-state index contributed by atoms with van der Waals surface area (Å²) < 4.78 is 37.1. The Kier molecular flexibility index (Phi) is 4.87. The van der Waals surface area contributed by atoms with E-state index in [-0.39, 0.29) is 18.7 Å². The molecule has 126 valence electrons. The van der Waals surface area contributed by atoms with Crippen molar-refractivity contribution in [2.45, 2.75) is 44.9 Å². The lowest BCUT2D eigenvalue weighted by atomic mass is 10.2. The molecule has 1 aliphatic rings. The number of hydrogen-bond donors (Lipinski definition) is 0. The second-order valence-corrected chi connectivity index (χ2v) is 6.42. The third-order valence-electron chi connectivity index (χ3n) is 3.23. The SMILES string of the molecule is CC(C)(C)OC(=O)N1C[C@H](Oc2cc(F)cc(F)c2)C[C@H]1C=O. The van der Waals surface area contributed by atoms with E-state index >= 15 is 0 Å². The Morgan fingerprint density at radius 3 is 2.39 bits per heavy atom. The second-order valence-electron chi connectivity index (χ2n) is 6.42. The summed E-state index contributed by atoms with van der Waals surface area (Å²) in [6.45, 7) is 5.28. The number of carbonyl (C=O) groups is 2. The second kappa shape index (κ2) is 6.52. The van der Waals surface area contributed by atoms with E-state index in [0.717, 1.165) is 18.2 Å². The van der Waals surface area contributed by atoms with Crippen molar-refractivity contribution in [3.05, 3.63) is 29.8 Å². The van der Waals surface area contributed by atoms with Crippen molar-refractivity contribution in [2.24, 2.45) is 0 Å². The third kappa shape index (κ3) is 4.64. The summed E-state index contributed by atoms with van der Waals surface area (Å²) in [5, 5.41) is 0. The number of likely N-dealkylation sites (tertiary alicyclic amines) is 1. The average Bonchev–Trinajstić information content (AvgIpc) is 2.78. The lowest BCUT2D eigenvalue weighted by molar-refractivity contribution is -0.111. The van der Waals surface area contributed by atoms with Gasteiger partial charge in [0.1, 0.15) is 35.4 Å². The smallest absolute Gasteiger partial charge is 0.411 e. The van der Waals surface area contributed by atoms with Crippen molar-refractivity contribution in [3.8, 4) is 5.75 Å². The molecule has 1 fully saturated rings. The molecular weight excluding hydrogens is 308 g/mol. The van der Waals surface area contributed by atoms with Crippen molar-refractivity contribution >= 4 is 12.4 Å². The fourth-order valence-electron chi connectivity index (χ4n) is 2.36. The van der Waals surface area contributed by atoms with Crippen LogP contribution in [-0.2, 0) is 9.53 Å². The highest BCUT2D eigenvalue weighted by molar-refractivity contribution is 5.74. The minimum atomic E-state index is -0.756. The zero-order chi connectivity index (χ0) is 17.2. The quantitative estimate of drug-likeness (QED) is 0.801. The number of nitrogens with zero attached hydrogens (tertiary/aromatic N) is 1. The number of amides is 1. The van der Waals surface area contributed by atoms with Gasteiger partial charge in [0.05, 0.1) is 12.6 Å². The summed E-state index contributed by atoms with van der Waals surface area (Å²) >= 11 is 0. The minimum absolute atomic E-state index is 0.0168. The molecule has 0 radical (unpaired) electrons. The Morgan fingerprint density at radius 2 is 1.87 bits per heavy atom. The van der Waals surface area contributed by atoms with Crippen molar-refractivity contribution in [3.63, 3.8) is 0 Å². The first kappa shape index (κ1) is 17.2. The molecule has 5 nitrogen and oxygen atoms in total. The molecule has 1 aromatic rings. The van der Waals surface area contributed by atoms with Gasteiger partial charge in [-0.25, -0.2) is 13.6 Å². The summed E-state index contributed by atoms with van der Waals surface area (Å²) in [7, 11) is 0. The van der Waals surface area contributed by atoms with Gasteiger partial charge >= 0.3 is 6.09 Å². The molecule has 1 aromatic carbocycles. The molecular formula is C16H19F2NO4. The summed E-state index contributed by atoms with van der Waals surface area (Å²) in [6, 6.07) is 2.15. The molecule has 0 aliphatic carbocycles. The summed E-state index contributed by atoms with van der Waals surface area (Å²) in [6.07, 6.45) is -0.287. The maximum absolute atomic E-state index is 13.2. The zero-order valence-electron chi connectivity index (χ0n) is 13.2. The molecule has 1 amide bonds. The van der Waals surface area contributed by atoms with Gasteiger partial charge in [0, 0.05) is 24.6 Å². The first-order valence-corrected chi connectivity index (χ1v) is 7.25. The molecule has 0 N–H and O–H groups in total. The highest BCUT2D eigenvalue weighted by Crippen LogP contribution is 2.25. The average molecular weight is 327 g/mol. The van der Waals surface area contributed by atoms with E-state index in [1.807, 2.05) is 0 Å². The van der Waals surface area contributed by atoms with E-state index < -0.39 is 35.5 Å². The van der Waals surface area contributed by atoms with Gasteiger partial charge in [-0.1, -0.05) is 0 Å². The van der Waals surface area contributed by atoms with Crippen LogP contribution >= 0.6 is 0 Å². The van der Waals surface area contributed by atoms with Crippen LogP contribution in [0.1, 0.15) is 27.2 Å². The summed E-state index contributed by atoms with van der Waals surface area (Å²) in [5.41, 5.74) is -0.685. The molecule has 0 aromatic heterocycles. The Morgan fingerprint density at radius 1 is 1.26 bits per heavy atom. The topological polar surface area (TPSA) is 55.8 Å². The van der Waals surface area contributed by atoms with Crippen LogP contribution in [0.3, 0.4) is 0 Å². The Labute approximate surface area is 133 Å². The number of hydrogen-bond acceptors (Lipinski definition) is 4. The monoisotopic (exact) mass is 327 g/mol. The van der Waals surface area contributed by atoms with Crippen LogP contribution < -0.4 is 4.74 Å². The van der Waals surface area contributed by atoms with Gasteiger partial charge in [-0.2, -0.15) is 0 Å². The van der Waals surface area contributed by atoms with E-state index in [0.29, 0.717) is 6.29 Å². The standard InChI is InChI=1S/C16H19F2NO4/c1-16(2,3)23-15(21)19-8-14(7-12(19)9-20)22-13-5-10(17)4-11(18)6-13/h4-6,9,12,14H,7-8H2,1-3H3/t12-,14+/m0/s1. The highest BCUT2D eigenvalue weighted by atomic mass is 19.1. The van der Waals surface area contributed by atoms with Crippen LogP contribution in [0.25, 0.3) is 0 Å². The largest absolute Gasteiger partial charge is 0.488 e. The summed E-state index contributed by atoms with van der Waals surface area (Å²) in [4.78, 5) is 24.5. The maximum atomic E-state index is 13.2.